The molecule has 1 aliphatic rings. The molecule has 0 radical (unpaired) electrons. The summed E-state index contributed by atoms with van der Waals surface area (Å²) in [5.74, 6) is -0.751. The van der Waals surface area contributed by atoms with Crippen LogP contribution in [0.4, 0.5) is 0 Å². The van der Waals surface area contributed by atoms with Crippen molar-refractivity contribution in [2.75, 3.05) is 7.05 Å². The molecule has 17 heavy (non-hydrogen) atoms. The summed E-state index contributed by atoms with van der Waals surface area (Å²) < 4.78 is 0. The Morgan fingerprint density at radius 3 is 1.94 bits per heavy atom. The van der Waals surface area contributed by atoms with Crippen LogP contribution in [-0.2, 0) is 4.79 Å². The largest absolute Gasteiger partial charge is 0.478 e. The van der Waals surface area contributed by atoms with Gasteiger partial charge in [0.1, 0.15) is 0 Å². The van der Waals surface area contributed by atoms with Gasteiger partial charge in [0.2, 0.25) is 0 Å². The van der Waals surface area contributed by atoms with Crippen molar-refractivity contribution >= 4 is 5.97 Å². The standard InChI is InChI=1S/C14H25NO2/c1-7-11(12(16)17)10-8-13(2,3)15(6)14(4,5)9-10/h7-9H2,1-6H3,(H,16,17). The van der Waals surface area contributed by atoms with Crippen LogP contribution in [-0.4, -0.2) is 34.1 Å². The lowest BCUT2D eigenvalue weighted by Crippen LogP contribution is -2.57. The highest BCUT2D eigenvalue weighted by atomic mass is 16.4. The van der Waals surface area contributed by atoms with Gasteiger partial charge in [-0.25, -0.2) is 4.79 Å². The Bertz CT molecular complexity index is 333. The molecule has 0 unspecified atom stereocenters. The maximum atomic E-state index is 11.3. The van der Waals surface area contributed by atoms with Crippen LogP contribution in [0.1, 0.15) is 53.9 Å². The van der Waals surface area contributed by atoms with Crippen molar-refractivity contribution in [2.45, 2.75) is 65.0 Å². The zero-order valence-corrected chi connectivity index (χ0v) is 11.9. The van der Waals surface area contributed by atoms with E-state index in [1.54, 1.807) is 0 Å². The minimum Gasteiger partial charge on any atom is -0.478 e. The predicted molar refractivity (Wildman–Crippen MR) is 70.1 cm³/mol. The molecule has 1 saturated heterocycles. The Hall–Kier alpha value is -0.830. The zero-order chi connectivity index (χ0) is 13.4. The van der Waals surface area contributed by atoms with Crippen LogP contribution >= 0.6 is 0 Å². The van der Waals surface area contributed by atoms with Crippen LogP contribution in [0.5, 0.6) is 0 Å². The SMILES string of the molecule is CCC(C(=O)O)=C1CC(C)(C)N(C)C(C)(C)C1. The molecule has 1 aliphatic heterocycles. The van der Waals surface area contributed by atoms with Gasteiger partial charge in [-0.1, -0.05) is 12.5 Å². The maximum Gasteiger partial charge on any atom is 0.331 e. The van der Waals surface area contributed by atoms with Gasteiger partial charge in [-0.05, 0) is 54.0 Å². The number of carbonyl (C=O) groups is 1. The summed E-state index contributed by atoms with van der Waals surface area (Å²) in [5, 5.41) is 9.26. The second-order valence-electron chi connectivity index (χ2n) is 6.28. The zero-order valence-electron chi connectivity index (χ0n) is 11.9. The summed E-state index contributed by atoms with van der Waals surface area (Å²) in [6, 6.07) is 0. The number of aliphatic carboxylic acids is 1. The van der Waals surface area contributed by atoms with E-state index in [9.17, 15) is 9.90 Å². The minimum atomic E-state index is -0.751. The van der Waals surface area contributed by atoms with E-state index in [2.05, 4.69) is 39.6 Å². The van der Waals surface area contributed by atoms with Gasteiger partial charge in [-0.15, -0.1) is 0 Å². The summed E-state index contributed by atoms with van der Waals surface area (Å²) >= 11 is 0. The molecule has 0 amide bonds. The highest BCUT2D eigenvalue weighted by Gasteiger charge is 2.41. The van der Waals surface area contributed by atoms with Gasteiger partial charge in [-0.3, -0.25) is 4.90 Å². The Morgan fingerprint density at radius 1 is 1.24 bits per heavy atom. The lowest BCUT2D eigenvalue weighted by Gasteiger charge is -2.52. The molecule has 0 aromatic carbocycles. The van der Waals surface area contributed by atoms with Crippen molar-refractivity contribution in [1.82, 2.24) is 4.90 Å². The molecule has 1 fully saturated rings. The summed E-state index contributed by atoms with van der Waals surface area (Å²) in [4.78, 5) is 13.6. The van der Waals surface area contributed by atoms with Gasteiger partial charge in [0.05, 0.1) is 0 Å². The van der Waals surface area contributed by atoms with Crippen LogP contribution in [0, 0.1) is 0 Å². The third-order valence-corrected chi connectivity index (χ3v) is 4.15. The summed E-state index contributed by atoms with van der Waals surface area (Å²) in [5.41, 5.74) is 1.77. The van der Waals surface area contributed by atoms with Crippen LogP contribution in [0.3, 0.4) is 0 Å². The maximum absolute atomic E-state index is 11.3. The Balaban J connectivity index is 3.19. The molecule has 1 rings (SSSR count). The van der Waals surface area contributed by atoms with Crippen molar-refractivity contribution in [1.29, 1.82) is 0 Å². The van der Waals surface area contributed by atoms with Crippen molar-refractivity contribution in [3.8, 4) is 0 Å². The van der Waals surface area contributed by atoms with Crippen LogP contribution < -0.4 is 0 Å². The molecule has 3 heteroatoms. The first kappa shape index (κ1) is 14.2. The van der Waals surface area contributed by atoms with Crippen molar-refractivity contribution in [3.63, 3.8) is 0 Å². The fraction of sp³-hybridized carbons (Fsp3) is 0.786. The second-order valence-corrected chi connectivity index (χ2v) is 6.28. The van der Waals surface area contributed by atoms with E-state index in [1.165, 1.54) is 0 Å². The van der Waals surface area contributed by atoms with E-state index < -0.39 is 5.97 Å². The molecule has 0 spiro atoms. The first-order valence-corrected chi connectivity index (χ1v) is 6.30. The molecule has 0 aromatic heterocycles. The number of carboxylic acid groups (broad SMARTS) is 1. The summed E-state index contributed by atoms with van der Waals surface area (Å²) in [6.07, 6.45) is 2.31. The van der Waals surface area contributed by atoms with Gasteiger partial charge in [0.25, 0.3) is 0 Å². The minimum absolute atomic E-state index is 0.0208. The molecule has 0 aromatic rings. The Morgan fingerprint density at radius 2 is 1.65 bits per heavy atom. The number of piperidine rings is 1. The van der Waals surface area contributed by atoms with E-state index in [1.807, 2.05) is 6.92 Å². The van der Waals surface area contributed by atoms with Crippen LogP contribution in [0.15, 0.2) is 11.1 Å². The molecular weight excluding hydrogens is 214 g/mol. The molecule has 1 N–H and O–H groups in total. The van der Waals surface area contributed by atoms with E-state index in [0.717, 1.165) is 18.4 Å². The van der Waals surface area contributed by atoms with Crippen molar-refractivity contribution < 1.29 is 9.90 Å². The highest BCUT2D eigenvalue weighted by Crippen LogP contribution is 2.41. The molecule has 0 aliphatic carbocycles. The molecule has 3 nitrogen and oxygen atoms in total. The summed E-state index contributed by atoms with van der Waals surface area (Å²) in [7, 11) is 2.13. The van der Waals surface area contributed by atoms with Crippen LogP contribution in [0.25, 0.3) is 0 Å². The first-order valence-electron chi connectivity index (χ1n) is 6.30. The lowest BCUT2D eigenvalue weighted by molar-refractivity contribution is -0.132. The van der Waals surface area contributed by atoms with E-state index in [4.69, 9.17) is 0 Å². The average molecular weight is 239 g/mol. The highest BCUT2D eigenvalue weighted by molar-refractivity contribution is 5.87. The Kier molecular flexibility index (Phi) is 3.72. The van der Waals surface area contributed by atoms with E-state index in [0.29, 0.717) is 12.0 Å². The third-order valence-electron chi connectivity index (χ3n) is 4.15. The lowest BCUT2D eigenvalue weighted by atomic mass is 9.75. The fourth-order valence-electron chi connectivity index (χ4n) is 2.93. The molecule has 98 valence electrons. The van der Waals surface area contributed by atoms with Crippen LogP contribution in [0.2, 0.25) is 0 Å². The van der Waals surface area contributed by atoms with Gasteiger partial charge >= 0.3 is 5.97 Å². The fourth-order valence-corrected chi connectivity index (χ4v) is 2.93. The van der Waals surface area contributed by atoms with E-state index >= 15 is 0 Å². The molecule has 0 bridgehead atoms. The summed E-state index contributed by atoms with van der Waals surface area (Å²) in [6.45, 7) is 10.7. The molecule has 0 atom stereocenters. The predicted octanol–water partition coefficient (Wildman–Crippen LogP) is 3.06. The number of rotatable bonds is 2. The second kappa shape index (κ2) is 4.45. The smallest absolute Gasteiger partial charge is 0.331 e. The number of nitrogens with zero attached hydrogens (tertiary/aromatic N) is 1. The molecule has 1 heterocycles. The normalized spacial score (nSPS) is 23.5. The van der Waals surface area contributed by atoms with Gasteiger partial charge < -0.3 is 5.11 Å². The number of likely N-dealkylation sites (tertiary alicyclic amines) is 1. The molecular formula is C14H25NO2. The number of hydrogen-bond donors (Lipinski definition) is 1. The van der Waals surface area contributed by atoms with Gasteiger partial charge in [-0.2, -0.15) is 0 Å². The topological polar surface area (TPSA) is 40.5 Å². The first-order chi connectivity index (χ1) is 7.62. The Labute approximate surface area is 105 Å². The number of hydrogen-bond acceptors (Lipinski definition) is 2. The van der Waals surface area contributed by atoms with Gasteiger partial charge in [0.15, 0.2) is 0 Å². The number of carboxylic acids is 1. The van der Waals surface area contributed by atoms with Gasteiger partial charge in [0, 0.05) is 16.7 Å². The molecule has 0 saturated carbocycles. The van der Waals surface area contributed by atoms with Crippen molar-refractivity contribution in [3.05, 3.63) is 11.1 Å². The average Bonchev–Trinajstić information content (AvgIpc) is 2.13. The monoisotopic (exact) mass is 239 g/mol. The third kappa shape index (κ3) is 2.71. The quantitative estimate of drug-likeness (QED) is 0.753. The van der Waals surface area contributed by atoms with Crippen molar-refractivity contribution in [2.24, 2.45) is 0 Å². The van der Waals surface area contributed by atoms with E-state index in [-0.39, 0.29) is 11.1 Å².